The van der Waals surface area contributed by atoms with Gasteiger partial charge in [0, 0.05) is 24.2 Å². The summed E-state index contributed by atoms with van der Waals surface area (Å²) >= 11 is 1.09. The molecule has 1 aromatic heterocycles. The van der Waals surface area contributed by atoms with Crippen LogP contribution in [0.1, 0.15) is 6.92 Å². The van der Waals surface area contributed by atoms with Crippen molar-refractivity contribution in [2.45, 2.75) is 11.1 Å². The smallest absolute Gasteiger partial charge is 0.252 e. The van der Waals surface area contributed by atoms with E-state index in [1.54, 1.807) is 12.3 Å². The molecule has 1 heterocycles. The maximum Gasteiger partial charge on any atom is 0.252 e. The maximum atomic E-state index is 11.9. The van der Waals surface area contributed by atoms with Crippen molar-refractivity contribution >= 4 is 27.0 Å². The summed E-state index contributed by atoms with van der Waals surface area (Å²) in [6, 6.07) is 1.43. The van der Waals surface area contributed by atoms with Crippen LogP contribution < -0.4 is 5.73 Å². The number of thiophene rings is 1. The lowest BCUT2D eigenvalue weighted by molar-refractivity contribution is 0.257. The van der Waals surface area contributed by atoms with Gasteiger partial charge >= 0.3 is 0 Å². The number of nitrogens with zero attached hydrogens (tertiary/aromatic N) is 1. The molecule has 5 nitrogen and oxygen atoms in total. The molecule has 0 amide bonds. The van der Waals surface area contributed by atoms with Gasteiger partial charge in [-0.2, -0.15) is 4.31 Å². The molecular weight excluding hydrogens is 236 g/mol. The molecule has 7 heteroatoms. The molecule has 0 saturated carbocycles. The Hall–Kier alpha value is -0.630. The van der Waals surface area contributed by atoms with E-state index in [1.807, 2.05) is 0 Å². The number of nitrogens with two attached hydrogens (primary N) is 1. The van der Waals surface area contributed by atoms with E-state index < -0.39 is 10.0 Å². The van der Waals surface area contributed by atoms with Gasteiger partial charge in [-0.25, -0.2) is 8.42 Å². The zero-order chi connectivity index (χ0) is 11.5. The third-order valence-corrected chi connectivity index (χ3v) is 5.30. The van der Waals surface area contributed by atoms with Crippen molar-refractivity contribution in [2.24, 2.45) is 0 Å². The molecule has 3 N–H and O–H groups in total. The Balaban J connectivity index is 3.00. The van der Waals surface area contributed by atoms with Crippen molar-refractivity contribution < 1.29 is 13.5 Å². The average Bonchev–Trinajstić information content (AvgIpc) is 2.61. The van der Waals surface area contributed by atoms with Crippen molar-refractivity contribution in [1.82, 2.24) is 4.31 Å². The molecule has 0 aliphatic rings. The van der Waals surface area contributed by atoms with Gasteiger partial charge < -0.3 is 10.8 Å². The summed E-state index contributed by atoms with van der Waals surface area (Å²) in [7, 11) is -3.48. The van der Waals surface area contributed by atoms with Gasteiger partial charge in [-0.3, -0.25) is 0 Å². The summed E-state index contributed by atoms with van der Waals surface area (Å²) in [4.78, 5) is 0. The Kier molecular flexibility index (Phi) is 4.09. The minimum Gasteiger partial charge on any atom is -0.398 e. The van der Waals surface area contributed by atoms with E-state index in [-0.39, 0.29) is 17.4 Å². The van der Waals surface area contributed by atoms with E-state index in [0.29, 0.717) is 12.2 Å². The first-order valence-corrected chi connectivity index (χ1v) is 6.79. The van der Waals surface area contributed by atoms with E-state index in [1.165, 1.54) is 10.4 Å². The second-order valence-corrected chi connectivity index (χ2v) is 6.00. The zero-order valence-electron chi connectivity index (χ0n) is 8.38. The quantitative estimate of drug-likeness (QED) is 0.789. The summed E-state index contributed by atoms with van der Waals surface area (Å²) < 4.78 is 25.3. The van der Waals surface area contributed by atoms with Crippen LogP contribution >= 0.6 is 11.3 Å². The number of hydrogen-bond donors (Lipinski definition) is 2. The predicted molar refractivity (Wildman–Crippen MR) is 60.3 cm³/mol. The van der Waals surface area contributed by atoms with Gasteiger partial charge in [-0.15, -0.1) is 11.3 Å². The van der Waals surface area contributed by atoms with E-state index in [2.05, 4.69) is 0 Å². The first-order valence-electron chi connectivity index (χ1n) is 4.47. The molecular formula is C8H14N2O3S2. The van der Waals surface area contributed by atoms with Crippen LogP contribution in [-0.2, 0) is 10.0 Å². The zero-order valence-corrected chi connectivity index (χ0v) is 10.0. The second kappa shape index (κ2) is 4.93. The number of nitrogen functional groups attached to an aromatic ring is 1. The van der Waals surface area contributed by atoms with Gasteiger partial charge in [0.05, 0.1) is 6.61 Å². The number of anilines is 1. The first kappa shape index (κ1) is 12.4. The highest BCUT2D eigenvalue weighted by atomic mass is 32.2. The molecule has 0 aliphatic heterocycles. The normalized spacial score (nSPS) is 12.2. The van der Waals surface area contributed by atoms with Crippen LogP contribution in [0.5, 0.6) is 0 Å². The summed E-state index contributed by atoms with van der Waals surface area (Å²) in [5.74, 6) is 0. The Bertz CT molecular complexity index is 413. The summed E-state index contributed by atoms with van der Waals surface area (Å²) in [6.07, 6.45) is 0. The van der Waals surface area contributed by atoms with E-state index in [0.717, 1.165) is 11.3 Å². The highest BCUT2D eigenvalue weighted by Crippen LogP contribution is 2.24. The third-order valence-electron chi connectivity index (χ3n) is 1.89. The van der Waals surface area contributed by atoms with Gasteiger partial charge in [0.15, 0.2) is 0 Å². The Morgan fingerprint density at radius 2 is 2.27 bits per heavy atom. The molecule has 86 valence electrons. The topological polar surface area (TPSA) is 83.6 Å². The standard InChI is InChI=1S/C8H14N2O3S2/c1-2-10(3-4-11)15(12,13)8-5-7(9)6-14-8/h5-6,11H,2-4,9H2,1H3. The molecule has 0 spiro atoms. The molecule has 0 fully saturated rings. The molecule has 1 rings (SSSR count). The molecule has 0 aromatic carbocycles. The highest BCUT2D eigenvalue weighted by Gasteiger charge is 2.23. The molecule has 1 aromatic rings. The highest BCUT2D eigenvalue weighted by molar-refractivity contribution is 7.91. The van der Waals surface area contributed by atoms with Crippen LogP contribution in [0.3, 0.4) is 0 Å². The fourth-order valence-corrected chi connectivity index (χ4v) is 3.83. The number of aliphatic hydroxyl groups is 1. The number of likely N-dealkylation sites (N-methyl/N-ethyl adjacent to an activating group) is 1. The largest absolute Gasteiger partial charge is 0.398 e. The molecule has 0 bridgehead atoms. The monoisotopic (exact) mass is 250 g/mol. The SMILES string of the molecule is CCN(CCO)S(=O)(=O)c1cc(N)cs1. The van der Waals surface area contributed by atoms with Crippen molar-refractivity contribution in [3.63, 3.8) is 0 Å². The van der Waals surface area contributed by atoms with Gasteiger partial charge in [-0.05, 0) is 6.07 Å². The number of hydrogen-bond acceptors (Lipinski definition) is 5. The Morgan fingerprint density at radius 1 is 1.60 bits per heavy atom. The minimum atomic E-state index is -3.48. The fraction of sp³-hybridized carbons (Fsp3) is 0.500. The average molecular weight is 250 g/mol. The molecule has 15 heavy (non-hydrogen) atoms. The van der Waals surface area contributed by atoms with Gasteiger partial charge in [-0.1, -0.05) is 6.92 Å². The second-order valence-electron chi connectivity index (χ2n) is 2.92. The van der Waals surface area contributed by atoms with E-state index in [9.17, 15) is 8.42 Å². The number of sulfonamides is 1. The summed E-state index contributed by atoms with van der Waals surface area (Å²) in [5.41, 5.74) is 5.91. The molecule has 0 saturated heterocycles. The number of aliphatic hydroxyl groups excluding tert-OH is 1. The lowest BCUT2D eigenvalue weighted by Crippen LogP contribution is -2.32. The lowest BCUT2D eigenvalue weighted by atomic mass is 10.6. The van der Waals surface area contributed by atoms with Gasteiger partial charge in [0.1, 0.15) is 4.21 Å². The van der Waals surface area contributed by atoms with Crippen molar-refractivity contribution in [3.8, 4) is 0 Å². The lowest BCUT2D eigenvalue weighted by Gasteiger charge is -2.17. The van der Waals surface area contributed by atoms with Crippen molar-refractivity contribution in [1.29, 1.82) is 0 Å². The summed E-state index contributed by atoms with van der Waals surface area (Å²) in [6.45, 7) is 1.98. The third kappa shape index (κ3) is 2.69. The molecule has 0 atom stereocenters. The molecule has 0 unspecified atom stereocenters. The minimum absolute atomic E-state index is 0.108. The fourth-order valence-electron chi connectivity index (χ4n) is 1.15. The van der Waals surface area contributed by atoms with Gasteiger partial charge in [0.2, 0.25) is 0 Å². The molecule has 0 aliphatic carbocycles. The van der Waals surface area contributed by atoms with Crippen molar-refractivity contribution in [2.75, 3.05) is 25.4 Å². The van der Waals surface area contributed by atoms with Crippen LogP contribution in [0.15, 0.2) is 15.7 Å². The van der Waals surface area contributed by atoms with Crippen LogP contribution in [0, 0.1) is 0 Å². The summed E-state index contributed by atoms with van der Waals surface area (Å²) in [5, 5.41) is 10.3. The first-order chi connectivity index (χ1) is 7.02. The number of rotatable bonds is 5. The van der Waals surface area contributed by atoms with Crippen LogP contribution in [0.2, 0.25) is 0 Å². The van der Waals surface area contributed by atoms with Gasteiger partial charge in [0.25, 0.3) is 10.0 Å². The Labute approximate surface area is 93.2 Å². The Morgan fingerprint density at radius 3 is 2.67 bits per heavy atom. The maximum absolute atomic E-state index is 11.9. The predicted octanol–water partition coefficient (Wildman–Crippen LogP) is 0.333. The van der Waals surface area contributed by atoms with Crippen LogP contribution in [0.25, 0.3) is 0 Å². The van der Waals surface area contributed by atoms with Crippen LogP contribution in [0.4, 0.5) is 5.69 Å². The van der Waals surface area contributed by atoms with Crippen LogP contribution in [-0.4, -0.2) is 37.5 Å². The van der Waals surface area contributed by atoms with E-state index >= 15 is 0 Å². The molecule has 0 radical (unpaired) electrons. The van der Waals surface area contributed by atoms with Crippen molar-refractivity contribution in [3.05, 3.63) is 11.4 Å². The van der Waals surface area contributed by atoms with E-state index in [4.69, 9.17) is 10.8 Å².